The lowest BCUT2D eigenvalue weighted by Gasteiger charge is -2.46. The summed E-state index contributed by atoms with van der Waals surface area (Å²) in [7, 11) is 0. The molecule has 1 N–H and O–H groups in total. The fourth-order valence-corrected chi connectivity index (χ4v) is 4.06. The maximum Gasteiger partial charge on any atom is 0.0387 e. The minimum absolute atomic E-state index is 0.376. The lowest BCUT2D eigenvalue weighted by molar-refractivity contribution is 0.276. The van der Waals surface area contributed by atoms with E-state index >= 15 is 0 Å². The highest BCUT2D eigenvalue weighted by Gasteiger charge is 2.40. The molecular weight excluding hydrogens is 312 g/mol. The van der Waals surface area contributed by atoms with E-state index in [0.717, 1.165) is 13.1 Å². The molecule has 3 rings (SSSR count). The quantitative estimate of drug-likeness (QED) is 0.827. The minimum atomic E-state index is 0.376. The number of anilines is 1. The molecule has 2 aliphatic rings. The first-order valence-corrected chi connectivity index (χ1v) is 8.58. The molecule has 110 valence electrons. The van der Waals surface area contributed by atoms with E-state index in [2.05, 4.69) is 59.1 Å². The first-order valence-electron chi connectivity index (χ1n) is 7.79. The molecule has 20 heavy (non-hydrogen) atoms. The van der Waals surface area contributed by atoms with Gasteiger partial charge in [-0.05, 0) is 56.9 Å². The number of nitrogens with one attached hydrogen (secondary N) is 1. The number of benzene rings is 1. The van der Waals surface area contributed by atoms with Crippen molar-refractivity contribution in [2.75, 3.05) is 18.0 Å². The molecule has 1 spiro atoms. The Labute approximate surface area is 131 Å². The summed E-state index contributed by atoms with van der Waals surface area (Å²) in [5.41, 5.74) is 4.45. The third kappa shape index (κ3) is 2.50. The maximum absolute atomic E-state index is 3.83. The van der Waals surface area contributed by atoms with Gasteiger partial charge in [-0.1, -0.05) is 28.8 Å². The van der Waals surface area contributed by atoms with Crippen LogP contribution in [0.1, 0.15) is 43.7 Å². The topological polar surface area (TPSA) is 15.3 Å². The molecule has 1 atom stereocenters. The van der Waals surface area contributed by atoms with Crippen LogP contribution < -0.4 is 10.2 Å². The van der Waals surface area contributed by atoms with Crippen molar-refractivity contribution < 1.29 is 0 Å². The van der Waals surface area contributed by atoms with Crippen LogP contribution in [0.4, 0.5) is 5.69 Å². The third-order valence-electron chi connectivity index (χ3n) is 5.09. The van der Waals surface area contributed by atoms with E-state index < -0.39 is 0 Å². The Hall–Kier alpha value is -0.540. The largest absolute Gasteiger partial charge is 0.366 e. The molecular formula is C17H25BrN2. The summed E-state index contributed by atoms with van der Waals surface area (Å²) >= 11 is 3.68. The predicted octanol–water partition coefficient (Wildman–Crippen LogP) is 4.18. The van der Waals surface area contributed by atoms with Gasteiger partial charge >= 0.3 is 0 Å². The number of aryl methyl sites for hydroxylation is 2. The Morgan fingerprint density at radius 3 is 2.40 bits per heavy atom. The molecule has 1 saturated heterocycles. The van der Waals surface area contributed by atoms with Crippen LogP contribution in [-0.4, -0.2) is 24.7 Å². The molecule has 2 nitrogen and oxygen atoms in total. The normalized spacial score (nSPS) is 25.4. The van der Waals surface area contributed by atoms with Gasteiger partial charge in [-0.25, -0.2) is 0 Å². The van der Waals surface area contributed by atoms with E-state index in [-0.39, 0.29) is 0 Å². The molecule has 1 unspecified atom stereocenters. The molecule has 1 aromatic rings. The molecule has 0 bridgehead atoms. The molecule has 0 aromatic heterocycles. The molecule has 0 amide bonds. The predicted molar refractivity (Wildman–Crippen MR) is 89.6 cm³/mol. The highest BCUT2D eigenvalue weighted by Crippen LogP contribution is 2.36. The molecule has 1 heterocycles. The van der Waals surface area contributed by atoms with Crippen LogP contribution in [0.3, 0.4) is 0 Å². The SMILES string of the molecule is Cc1cc(N2CC3(CCCC3)NCC2C)cc(C)c1Br. The number of rotatable bonds is 1. The fraction of sp³-hybridized carbons (Fsp3) is 0.647. The summed E-state index contributed by atoms with van der Waals surface area (Å²) in [5, 5.41) is 3.83. The molecule has 1 aromatic carbocycles. The molecule has 2 fully saturated rings. The monoisotopic (exact) mass is 336 g/mol. The van der Waals surface area contributed by atoms with E-state index in [1.54, 1.807) is 0 Å². The molecule has 0 radical (unpaired) electrons. The number of hydrogen-bond acceptors (Lipinski definition) is 2. The zero-order chi connectivity index (χ0) is 14.3. The van der Waals surface area contributed by atoms with Crippen LogP contribution in [0.2, 0.25) is 0 Å². The van der Waals surface area contributed by atoms with Gasteiger partial charge < -0.3 is 10.2 Å². The first kappa shape index (κ1) is 14.4. The van der Waals surface area contributed by atoms with Crippen LogP contribution >= 0.6 is 15.9 Å². The van der Waals surface area contributed by atoms with Crippen molar-refractivity contribution in [1.29, 1.82) is 0 Å². The van der Waals surface area contributed by atoms with Crippen LogP contribution in [0, 0.1) is 13.8 Å². The summed E-state index contributed by atoms with van der Waals surface area (Å²) in [6.45, 7) is 8.99. The van der Waals surface area contributed by atoms with Crippen LogP contribution in [-0.2, 0) is 0 Å². The number of piperazine rings is 1. The van der Waals surface area contributed by atoms with Crippen LogP contribution in [0.5, 0.6) is 0 Å². The molecule has 1 aliphatic heterocycles. The second-order valence-electron chi connectivity index (χ2n) is 6.74. The van der Waals surface area contributed by atoms with Crippen LogP contribution in [0.15, 0.2) is 16.6 Å². The average molecular weight is 337 g/mol. The van der Waals surface area contributed by atoms with E-state index in [0.29, 0.717) is 11.6 Å². The molecule has 1 aliphatic carbocycles. The van der Waals surface area contributed by atoms with E-state index in [4.69, 9.17) is 0 Å². The van der Waals surface area contributed by atoms with Crippen LogP contribution in [0.25, 0.3) is 0 Å². The average Bonchev–Trinajstić information content (AvgIpc) is 2.87. The standard InChI is InChI=1S/C17H25BrN2/c1-12-8-15(9-13(2)16(12)18)20-11-17(6-4-5-7-17)19-10-14(20)3/h8-9,14,19H,4-7,10-11H2,1-3H3. The van der Waals surface area contributed by atoms with Crippen molar-refractivity contribution in [2.24, 2.45) is 0 Å². The summed E-state index contributed by atoms with van der Waals surface area (Å²) in [4.78, 5) is 2.62. The van der Waals surface area contributed by atoms with E-state index in [1.807, 2.05) is 0 Å². The van der Waals surface area contributed by atoms with Gasteiger partial charge in [0.05, 0.1) is 0 Å². The Bertz CT molecular complexity index is 483. The second-order valence-corrected chi connectivity index (χ2v) is 7.53. The van der Waals surface area contributed by atoms with Gasteiger partial charge in [0, 0.05) is 34.8 Å². The van der Waals surface area contributed by atoms with Gasteiger partial charge in [0.15, 0.2) is 0 Å². The van der Waals surface area contributed by atoms with Gasteiger partial charge in [0.1, 0.15) is 0 Å². The molecule has 3 heteroatoms. The summed E-state index contributed by atoms with van der Waals surface area (Å²) in [6, 6.07) is 5.24. The fourth-order valence-electron chi connectivity index (χ4n) is 3.83. The van der Waals surface area contributed by atoms with Gasteiger partial charge in [-0.2, -0.15) is 0 Å². The second kappa shape index (κ2) is 5.34. The molecule has 1 saturated carbocycles. The lowest BCUT2D eigenvalue weighted by atomic mass is 9.92. The zero-order valence-electron chi connectivity index (χ0n) is 12.8. The summed E-state index contributed by atoms with van der Waals surface area (Å²) in [6.07, 6.45) is 5.44. The van der Waals surface area contributed by atoms with Gasteiger partial charge in [0.2, 0.25) is 0 Å². The first-order chi connectivity index (χ1) is 9.51. The maximum atomic E-state index is 3.83. The number of hydrogen-bond donors (Lipinski definition) is 1. The van der Waals surface area contributed by atoms with Gasteiger partial charge in [0.25, 0.3) is 0 Å². The Morgan fingerprint density at radius 1 is 1.20 bits per heavy atom. The Kier molecular flexibility index (Phi) is 3.85. The highest BCUT2D eigenvalue weighted by molar-refractivity contribution is 9.10. The third-order valence-corrected chi connectivity index (χ3v) is 6.34. The van der Waals surface area contributed by atoms with Crippen molar-refractivity contribution in [1.82, 2.24) is 5.32 Å². The Balaban J connectivity index is 1.91. The summed E-state index contributed by atoms with van der Waals surface area (Å²) < 4.78 is 1.25. The van der Waals surface area contributed by atoms with E-state index in [9.17, 15) is 0 Å². The van der Waals surface area contributed by atoms with Gasteiger partial charge in [-0.15, -0.1) is 0 Å². The minimum Gasteiger partial charge on any atom is -0.366 e. The highest BCUT2D eigenvalue weighted by atomic mass is 79.9. The van der Waals surface area contributed by atoms with Crippen molar-refractivity contribution in [3.05, 3.63) is 27.7 Å². The van der Waals surface area contributed by atoms with Gasteiger partial charge in [-0.3, -0.25) is 0 Å². The van der Waals surface area contributed by atoms with Crippen molar-refractivity contribution in [2.45, 2.75) is 58.0 Å². The lowest BCUT2D eigenvalue weighted by Crippen LogP contribution is -2.62. The Morgan fingerprint density at radius 2 is 1.80 bits per heavy atom. The zero-order valence-corrected chi connectivity index (χ0v) is 14.4. The smallest absolute Gasteiger partial charge is 0.0387 e. The number of nitrogens with zero attached hydrogens (tertiary/aromatic N) is 1. The van der Waals surface area contributed by atoms with Crippen molar-refractivity contribution in [3.8, 4) is 0 Å². The van der Waals surface area contributed by atoms with E-state index in [1.165, 1.54) is 47.0 Å². The summed E-state index contributed by atoms with van der Waals surface area (Å²) in [5.74, 6) is 0. The van der Waals surface area contributed by atoms with Crippen molar-refractivity contribution >= 4 is 21.6 Å². The number of halogens is 1. The van der Waals surface area contributed by atoms with Crippen molar-refractivity contribution in [3.63, 3.8) is 0 Å².